The number of aromatic nitrogens is 4. The van der Waals surface area contributed by atoms with Crippen LogP contribution in [0.2, 0.25) is 0 Å². The number of ether oxygens (including phenoxy) is 3. The zero-order valence-corrected chi connectivity index (χ0v) is 23.3. The van der Waals surface area contributed by atoms with E-state index in [0.717, 1.165) is 10.8 Å². The van der Waals surface area contributed by atoms with Crippen LogP contribution >= 0.6 is 0 Å². The SMILES string of the molecule is CONc1ncnc2c1ccn2C1CC(C)(OC(C)(C)O)C(COc2ccc3ccc([NH-])nc3c2)O1.[Ir]. The van der Waals surface area contributed by atoms with Crippen LogP contribution in [0.5, 0.6) is 5.75 Å². The molecule has 3 N–H and O–H groups in total. The molecule has 1 aliphatic rings. The molecule has 1 saturated heterocycles. The molecular weight excluding hydrogens is 657 g/mol. The topological polar surface area (TPSA) is 137 Å². The first kappa shape index (κ1) is 27.2. The van der Waals surface area contributed by atoms with Crippen molar-refractivity contribution >= 4 is 33.6 Å². The van der Waals surface area contributed by atoms with Gasteiger partial charge in [-0.2, -0.15) is 0 Å². The molecule has 11 nitrogen and oxygen atoms in total. The first-order chi connectivity index (χ1) is 17.1. The number of fused-ring (bicyclic) bond motifs is 2. The Bertz CT molecular complexity index is 1390. The zero-order valence-electron chi connectivity index (χ0n) is 20.9. The fraction of sp³-hybridized carbons (Fsp3) is 0.400. The number of nitrogens with one attached hydrogen (secondary N) is 2. The van der Waals surface area contributed by atoms with E-state index in [0.29, 0.717) is 29.2 Å². The van der Waals surface area contributed by atoms with Crippen LogP contribution in [-0.2, 0) is 34.4 Å². The molecule has 4 heterocycles. The Hall–Kier alpha value is -2.86. The van der Waals surface area contributed by atoms with Gasteiger partial charge in [-0.3, -0.25) is 4.84 Å². The molecule has 3 unspecified atom stereocenters. The van der Waals surface area contributed by atoms with E-state index < -0.39 is 23.7 Å². The van der Waals surface area contributed by atoms with Gasteiger partial charge in [0.25, 0.3) is 0 Å². The third kappa shape index (κ3) is 5.69. The molecule has 0 amide bonds. The molecule has 0 spiro atoms. The Kier molecular flexibility index (Phi) is 7.70. The molecule has 1 aromatic carbocycles. The van der Waals surface area contributed by atoms with E-state index in [-0.39, 0.29) is 32.5 Å². The van der Waals surface area contributed by atoms with Crippen molar-refractivity contribution < 1.29 is 44.3 Å². The minimum atomic E-state index is -1.38. The van der Waals surface area contributed by atoms with Crippen molar-refractivity contribution in [3.05, 3.63) is 54.7 Å². The summed E-state index contributed by atoms with van der Waals surface area (Å²) in [5.41, 5.74) is 11.0. The number of anilines is 1. The average Bonchev–Trinajstić information content (AvgIpc) is 3.37. The normalized spacial score (nSPS) is 21.8. The largest absolute Gasteiger partial charge is 0.491 e. The van der Waals surface area contributed by atoms with Crippen LogP contribution in [0.25, 0.3) is 27.7 Å². The first-order valence-corrected chi connectivity index (χ1v) is 11.6. The second-order valence-corrected chi connectivity index (χ2v) is 9.50. The number of aliphatic hydroxyl groups is 1. The summed E-state index contributed by atoms with van der Waals surface area (Å²) in [5.74, 6) is -0.0264. The molecule has 1 aliphatic heterocycles. The van der Waals surface area contributed by atoms with Crippen molar-refractivity contribution in [2.24, 2.45) is 0 Å². The predicted molar refractivity (Wildman–Crippen MR) is 134 cm³/mol. The molecular formula is C25H29IrN6O5-. The van der Waals surface area contributed by atoms with Crippen LogP contribution < -0.4 is 10.2 Å². The van der Waals surface area contributed by atoms with E-state index >= 15 is 0 Å². The summed E-state index contributed by atoms with van der Waals surface area (Å²) in [7, 11) is 1.52. The Balaban J connectivity index is 0.00000320. The van der Waals surface area contributed by atoms with Gasteiger partial charge in [0.15, 0.2) is 11.6 Å². The van der Waals surface area contributed by atoms with E-state index in [1.54, 1.807) is 26.0 Å². The van der Waals surface area contributed by atoms with Crippen LogP contribution in [0.4, 0.5) is 11.6 Å². The van der Waals surface area contributed by atoms with E-state index in [1.165, 1.54) is 13.4 Å². The maximum atomic E-state index is 10.5. The monoisotopic (exact) mass is 686 g/mol. The summed E-state index contributed by atoms with van der Waals surface area (Å²) in [6.07, 6.45) is 2.87. The Morgan fingerprint density at radius 1 is 1.24 bits per heavy atom. The molecule has 0 aliphatic carbocycles. The van der Waals surface area contributed by atoms with E-state index in [2.05, 4.69) is 20.4 Å². The third-order valence-electron chi connectivity index (χ3n) is 6.15. The fourth-order valence-corrected chi connectivity index (χ4v) is 4.66. The Morgan fingerprint density at radius 2 is 2.03 bits per heavy atom. The fourth-order valence-electron chi connectivity index (χ4n) is 4.66. The summed E-state index contributed by atoms with van der Waals surface area (Å²) >= 11 is 0. The number of hydrogen-bond donors (Lipinski definition) is 2. The molecule has 0 saturated carbocycles. The average molecular weight is 686 g/mol. The van der Waals surface area contributed by atoms with Crippen molar-refractivity contribution in [1.29, 1.82) is 0 Å². The second-order valence-electron chi connectivity index (χ2n) is 9.50. The molecule has 0 bridgehead atoms. The number of nitrogens with zero attached hydrogens (tertiary/aromatic N) is 4. The molecule has 5 rings (SSSR count). The van der Waals surface area contributed by atoms with Gasteiger partial charge in [0.1, 0.15) is 42.3 Å². The van der Waals surface area contributed by atoms with Crippen LogP contribution in [-0.4, -0.2) is 55.8 Å². The number of pyridine rings is 1. The molecule has 12 heteroatoms. The minimum absolute atomic E-state index is 0. The number of hydrogen-bond acceptors (Lipinski definition) is 9. The third-order valence-corrected chi connectivity index (χ3v) is 6.15. The first-order valence-electron chi connectivity index (χ1n) is 11.6. The van der Waals surface area contributed by atoms with Gasteiger partial charge < -0.3 is 34.6 Å². The number of benzene rings is 1. The van der Waals surface area contributed by atoms with Gasteiger partial charge in [-0.1, -0.05) is 24.0 Å². The molecule has 3 aromatic heterocycles. The number of rotatable bonds is 8. The van der Waals surface area contributed by atoms with Gasteiger partial charge in [-0.25, -0.2) is 15.4 Å². The van der Waals surface area contributed by atoms with Crippen LogP contribution in [0, 0.1) is 0 Å². The second kappa shape index (κ2) is 10.5. The van der Waals surface area contributed by atoms with E-state index in [9.17, 15) is 5.11 Å². The summed E-state index contributed by atoms with van der Waals surface area (Å²) in [6, 6.07) is 11.0. The van der Waals surface area contributed by atoms with Crippen LogP contribution in [0.15, 0.2) is 48.9 Å². The predicted octanol–water partition coefficient (Wildman–Crippen LogP) is 4.50. The van der Waals surface area contributed by atoms with Gasteiger partial charge in [0.05, 0.1) is 12.5 Å². The summed E-state index contributed by atoms with van der Waals surface area (Å²) in [5, 5.41) is 12.2. The molecule has 1 radical (unpaired) electrons. The standard InChI is InChI=1S/C25H29N6O5.Ir/c1-24(2,32)36-25(3)12-21(31-10-9-17-22(30-33-4)27-14-28-23(17)31)35-19(25)13-34-16-7-5-15-6-8-20(26)29-18(15)11-16;/h5-11,14,19,21,32H,12-13H2,1-4H3,(H2-,26,27,28,29,30);/q-1;. The van der Waals surface area contributed by atoms with Gasteiger partial charge >= 0.3 is 0 Å². The summed E-state index contributed by atoms with van der Waals surface area (Å²) < 4.78 is 20.6. The van der Waals surface area contributed by atoms with Crippen molar-refractivity contribution in [3.63, 3.8) is 0 Å². The summed E-state index contributed by atoms with van der Waals surface area (Å²) in [4.78, 5) is 17.9. The van der Waals surface area contributed by atoms with Crippen molar-refractivity contribution in [2.45, 2.75) is 50.9 Å². The molecule has 199 valence electrons. The van der Waals surface area contributed by atoms with Gasteiger partial charge in [0.2, 0.25) is 0 Å². The van der Waals surface area contributed by atoms with Crippen molar-refractivity contribution in [1.82, 2.24) is 19.5 Å². The molecule has 4 aromatic rings. The van der Waals surface area contributed by atoms with E-state index in [1.807, 2.05) is 42.0 Å². The van der Waals surface area contributed by atoms with Crippen LogP contribution in [0.1, 0.15) is 33.4 Å². The van der Waals surface area contributed by atoms with Gasteiger partial charge in [-0.05, 0) is 49.9 Å². The molecule has 37 heavy (non-hydrogen) atoms. The molecule has 1 fully saturated rings. The zero-order chi connectivity index (χ0) is 25.5. The smallest absolute Gasteiger partial charge is 0.162 e. The minimum Gasteiger partial charge on any atom is -0.491 e. The van der Waals surface area contributed by atoms with Gasteiger partial charge in [0, 0.05) is 32.7 Å². The molecule has 3 atom stereocenters. The van der Waals surface area contributed by atoms with E-state index in [4.69, 9.17) is 24.8 Å². The van der Waals surface area contributed by atoms with Crippen molar-refractivity contribution in [3.8, 4) is 5.75 Å². The quantitative estimate of drug-likeness (QED) is 0.203. The maximum Gasteiger partial charge on any atom is 0.162 e. The Labute approximate surface area is 227 Å². The Morgan fingerprint density at radius 3 is 2.78 bits per heavy atom. The van der Waals surface area contributed by atoms with Gasteiger partial charge in [-0.15, -0.1) is 0 Å². The van der Waals surface area contributed by atoms with Crippen LogP contribution in [0.3, 0.4) is 0 Å². The van der Waals surface area contributed by atoms with Crippen molar-refractivity contribution in [2.75, 3.05) is 19.2 Å². The maximum absolute atomic E-state index is 10.5. The summed E-state index contributed by atoms with van der Waals surface area (Å²) in [6.45, 7) is 5.28.